The molecular weight excluding hydrogens is 308 g/mol. The molecule has 0 radical (unpaired) electrons. The minimum Gasteiger partial charge on any atom is -0.469 e. The van der Waals surface area contributed by atoms with Crippen molar-refractivity contribution in [2.24, 2.45) is 0 Å². The summed E-state index contributed by atoms with van der Waals surface area (Å²) < 4.78 is 4.58. The maximum Gasteiger partial charge on any atom is 0.305 e. The van der Waals surface area contributed by atoms with Crippen molar-refractivity contribution in [3.05, 3.63) is 60.8 Å². The van der Waals surface area contributed by atoms with Gasteiger partial charge in [0.25, 0.3) is 0 Å². The van der Waals surface area contributed by atoms with Crippen molar-refractivity contribution in [1.29, 1.82) is 0 Å². The highest BCUT2D eigenvalue weighted by molar-refractivity contribution is 5.69. The number of ether oxygens (including phenoxy) is 1. The summed E-state index contributed by atoms with van der Waals surface area (Å²) in [6.07, 6.45) is 32.2. The molecule has 0 aromatic rings. The molecule has 0 heterocycles. The molecule has 0 aliphatic heterocycles. The highest BCUT2D eigenvalue weighted by Gasteiger charge is 1.94. The van der Waals surface area contributed by atoms with Gasteiger partial charge in [0.1, 0.15) is 0 Å². The Balaban J connectivity index is 3.43. The second-order valence-electron chi connectivity index (χ2n) is 5.89. The standard InChI is InChI=1S/C23H36O2/c1-3-4-5-6-7-8-9-10-11-12-13-14-15-16-17-18-19-20-21-22-23(24)25-2/h4-5,10-11,13-14,17-20H,3,6-9,12,15-16,21-22H2,1-2H3. The van der Waals surface area contributed by atoms with Gasteiger partial charge < -0.3 is 4.74 Å². The van der Waals surface area contributed by atoms with Crippen LogP contribution in [0.15, 0.2) is 60.8 Å². The minimum absolute atomic E-state index is 0.156. The molecular formula is C23H36O2. The van der Waals surface area contributed by atoms with Crippen molar-refractivity contribution >= 4 is 5.97 Å². The van der Waals surface area contributed by atoms with Crippen LogP contribution in [0.25, 0.3) is 0 Å². The molecule has 0 N–H and O–H groups in total. The van der Waals surface area contributed by atoms with Crippen LogP contribution in [-0.4, -0.2) is 13.1 Å². The van der Waals surface area contributed by atoms with Crippen LogP contribution in [0.5, 0.6) is 0 Å². The van der Waals surface area contributed by atoms with Crippen LogP contribution in [0.2, 0.25) is 0 Å². The average Bonchev–Trinajstić information content (AvgIpc) is 2.63. The van der Waals surface area contributed by atoms with E-state index in [1.807, 2.05) is 18.2 Å². The summed E-state index contributed by atoms with van der Waals surface area (Å²) in [7, 11) is 1.42. The molecule has 0 atom stereocenters. The van der Waals surface area contributed by atoms with Gasteiger partial charge in [-0.1, -0.05) is 67.7 Å². The van der Waals surface area contributed by atoms with Crippen LogP contribution in [0.3, 0.4) is 0 Å². The normalized spacial score (nSPS) is 12.6. The largest absolute Gasteiger partial charge is 0.469 e. The maximum absolute atomic E-state index is 10.9. The third-order valence-electron chi connectivity index (χ3n) is 3.63. The van der Waals surface area contributed by atoms with Crippen molar-refractivity contribution in [1.82, 2.24) is 0 Å². The molecule has 0 fully saturated rings. The van der Waals surface area contributed by atoms with Crippen molar-refractivity contribution in [3.63, 3.8) is 0 Å². The first-order valence-corrected chi connectivity index (χ1v) is 9.64. The van der Waals surface area contributed by atoms with Gasteiger partial charge in [-0.15, -0.1) is 0 Å². The number of carbonyl (C=O) groups excluding carboxylic acids is 1. The van der Waals surface area contributed by atoms with Crippen LogP contribution in [0.1, 0.15) is 71.1 Å². The molecule has 140 valence electrons. The number of hydrogen-bond acceptors (Lipinski definition) is 2. The lowest BCUT2D eigenvalue weighted by Crippen LogP contribution is -1.97. The number of carbonyl (C=O) groups is 1. The van der Waals surface area contributed by atoms with Crippen molar-refractivity contribution in [2.45, 2.75) is 71.1 Å². The van der Waals surface area contributed by atoms with Gasteiger partial charge >= 0.3 is 5.97 Å². The van der Waals surface area contributed by atoms with Crippen LogP contribution in [0.4, 0.5) is 0 Å². The molecule has 0 aromatic carbocycles. The Kier molecular flexibility index (Phi) is 18.7. The van der Waals surface area contributed by atoms with Gasteiger partial charge in [-0.05, 0) is 57.8 Å². The summed E-state index contributed by atoms with van der Waals surface area (Å²) in [6, 6.07) is 0. The summed E-state index contributed by atoms with van der Waals surface area (Å²) in [5, 5.41) is 0. The van der Waals surface area contributed by atoms with E-state index in [2.05, 4.69) is 54.2 Å². The van der Waals surface area contributed by atoms with Crippen molar-refractivity contribution in [3.8, 4) is 0 Å². The van der Waals surface area contributed by atoms with E-state index in [0.717, 1.165) is 32.1 Å². The zero-order valence-electron chi connectivity index (χ0n) is 16.2. The number of methoxy groups -OCH3 is 1. The fourth-order valence-electron chi connectivity index (χ4n) is 2.16. The van der Waals surface area contributed by atoms with Gasteiger partial charge in [0.2, 0.25) is 0 Å². The lowest BCUT2D eigenvalue weighted by atomic mass is 10.1. The number of unbranched alkanes of at least 4 members (excludes halogenated alkanes) is 4. The Morgan fingerprint density at radius 1 is 0.720 bits per heavy atom. The fraction of sp³-hybridized carbons (Fsp3) is 0.522. The quantitative estimate of drug-likeness (QED) is 0.140. The van der Waals surface area contributed by atoms with Crippen molar-refractivity contribution < 1.29 is 9.53 Å². The van der Waals surface area contributed by atoms with Gasteiger partial charge in [-0.2, -0.15) is 0 Å². The lowest BCUT2D eigenvalue weighted by Gasteiger charge is -1.93. The summed E-state index contributed by atoms with van der Waals surface area (Å²) >= 11 is 0. The van der Waals surface area contributed by atoms with Gasteiger partial charge in [0.05, 0.1) is 7.11 Å². The molecule has 0 unspecified atom stereocenters. The van der Waals surface area contributed by atoms with E-state index in [1.165, 1.54) is 32.8 Å². The SMILES string of the molecule is CCC=CCCCCC=CCC=CCCC=CC=CCCC(=O)OC. The molecule has 0 saturated carbocycles. The zero-order chi connectivity index (χ0) is 18.4. The molecule has 0 rings (SSSR count). The minimum atomic E-state index is -0.156. The predicted octanol–water partition coefficient (Wildman–Crippen LogP) is 6.86. The second kappa shape index (κ2) is 20.2. The highest BCUT2D eigenvalue weighted by atomic mass is 16.5. The van der Waals surface area contributed by atoms with Gasteiger partial charge in [-0.25, -0.2) is 0 Å². The summed E-state index contributed by atoms with van der Waals surface area (Å²) in [5.74, 6) is -0.156. The first-order valence-electron chi connectivity index (χ1n) is 9.64. The van der Waals surface area contributed by atoms with Crippen molar-refractivity contribution in [2.75, 3.05) is 7.11 Å². The van der Waals surface area contributed by atoms with E-state index in [0.29, 0.717) is 6.42 Å². The maximum atomic E-state index is 10.9. The molecule has 0 aromatic heterocycles. The molecule has 0 saturated heterocycles. The van der Waals surface area contributed by atoms with Crippen LogP contribution in [-0.2, 0) is 9.53 Å². The first-order chi connectivity index (χ1) is 12.3. The monoisotopic (exact) mass is 344 g/mol. The van der Waals surface area contributed by atoms with E-state index in [9.17, 15) is 4.79 Å². The zero-order valence-corrected chi connectivity index (χ0v) is 16.2. The summed E-state index contributed by atoms with van der Waals surface area (Å²) in [4.78, 5) is 10.9. The molecule has 0 amide bonds. The van der Waals surface area contributed by atoms with Gasteiger partial charge in [0.15, 0.2) is 0 Å². The Morgan fingerprint density at radius 3 is 1.92 bits per heavy atom. The molecule has 0 aliphatic rings. The molecule has 0 spiro atoms. The predicted molar refractivity (Wildman–Crippen MR) is 110 cm³/mol. The van der Waals surface area contributed by atoms with Gasteiger partial charge in [0, 0.05) is 6.42 Å². The van der Waals surface area contributed by atoms with E-state index in [-0.39, 0.29) is 5.97 Å². The van der Waals surface area contributed by atoms with Crippen LogP contribution in [0, 0.1) is 0 Å². The van der Waals surface area contributed by atoms with E-state index >= 15 is 0 Å². The van der Waals surface area contributed by atoms with Crippen LogP contribution < -0.4 is 0 Å². The second-order valence-corrected chi connectivity index (χ2v) is 5.89. The molecule has 25 heavy (non-hydrogen) atoms. The topological polar surface area (TPSA) is 26.3 Å². The third-order valence-corrected chi connectivity index (χ3v) is 3.63. The Labute approximate surface area is 155 Å². The fourth-order valence-corrected chi connectivity index (χ4v) is 2.16. The van der Waals surface area contributed by atoms with E-state index in [4.69, 9.17) is 0 Å². The Bertz CT molecular complexity index is 439. The number of allylic oxidation sites excluding steroid dienone is 10. The lowest BCUT2D eigenvalue weighted by molar-refractivity contribution is -0.140. The van der Waals surface area contributed by atoms with E-state index in [1.54, 1.807) is 0 Å². The Morgan fingerprint density at radius 2 is 1.28 bits per heavy atom. The number of esters is 1. The Hall–Kier alpha value is -1.83. The highest BCUT2D eigenvalue weighted by Crippen LogP contribution is 2.03. The van der Waals surface area contributed by atoms with Gasteiger partial charge in [-0.3, -0.25) is 4.79 Å². The summed E-state index contributed by atoms with van der Waals surface area (Å²) in [5.41, 5.74) is 0. The average molecular weight is 345 g/mol. The van der Waals surface area contributed by atoms with E-state index < -0.39 is 0 Å². The molecule has 0 bridgehead atoms. The number of rotatable bonds is 15. The summed E-state index contributed by atoms with van der Waals surface area (Å²) in [6.45, 7) is 2.18. The molecule has 2 nitrogen and oxygen atoms in total. The smallest absolute Gasteiger partial charge is 0.305 e. The number of hydrogen-bond donors (Lipinski definition) is 0. The molecule has 0 aliphatic carbocycles. The first kappa shape index (κ1) is 23.2. The third kappa shape index (κ3) is 20.1. The molecule has 2 heteroatoms. The van der Waals surface area contributed by atoms with Crippen LogP contribution >= 0.6 is 0 Å².